The van der Waals surface area contributed by atoms with Crippen LogP contribution < -0.4 is 16.2 Å². The Balaban J connectivity index is 2.14. The Labute approximate surface area is 208 Å². The highest BCUT2D eigenvalue weighted by atomic mass is 35.5. The maximum Gasteiger partial charge on any atom is 0.419 e. The van der Waals surface area contributed by atoms with Crippen molar-refractivity contribution in [2.24, 2.45) is 0 Å². The van der Waals surface area contributed by atoms with Gasteiger partial charge in [-0.3, -0.25) is 15.6 Å². The van der Waals surface area contributed by atoms with Crippen molar-refractivity contribution in [2.75, 3.05) is 5.43 Å². The van der Waals surface area contributed by atoms with Crippen LogP contribution in [0, 0.1) is 0 Å². The lowest BCUT2D eigenvalue weighted by molar-refractivity contribution is -0.122. The molecule has 0 radical (unpaired) electrons. The van der Waals surface area contributed by atoms with E-state index < -0.39 is 35.3 Å². The van der Waals surface area contributed by atoms with Crippen LogP contribution in [-0.4, -0.2) is 44.9 Å². The van der Waals surface area contributed by atoms with Gasteiger partial charge in [0, 0.05) is 17.6 Å². The van der Waals surface area contributed by atoms with Crippen molar-refractivity contribution in [1.82, 2.24) is 20.3 Å². The summed E-state index contributed by atoms with van der Waals surface area (Å²) in [4.78, 5) is 41.6. The number of hydrazine groups is 1. The highest BCUT2D eigenvalue weighted by Gasteiger charge is 2.26. The minimum absolute atomic E-state index is 0.0308. The summed E-state index contributed by atoms with van der Waals surface area (Å²) >= 11 is 12.0. The molecule has 34 heavy (non-hydrogen) atoms. The number of nitrogens with one attached hydrogen (secondary N) is 3. The summed E-state index contributed by atoms with van der Waals surface area (Å²) in [6.45, 7) is 10.3. The molecule has 2 aromatic rings. The zero-order chi connectivity index (χ0) is 25.7. The molecule has 12 heteroatoms. The first-order chi connectivity index (χ1) is 15.6. The molecule has 1 aromatic carbocycles. The Hall–Kier alpha value is -2.98. The SMILES string of the molecule is CC(C)(C)OC(=O)NC(Cc1cn(C(=O)OC(C)(C)C)cn1)C(=O)NNc1ccc(Cl)cc1Cl. The number of hydrogen-bond acceptors (Lipinski definition) is 7. The maximum atomic E-state index is 12.9. The van der Waals surface area contributed by atoms with Crippen LogP contribution in [0.25, 0.3) is 0 Å². The molecule has 0 bridgehead atoms. The molecule has 1 unspecified atom stereocenters. The molecule has 0 spiro atoms. The second-order valence-corrected chi connectivity index (χ2v) is 10.2. The molecule has 0 aliphatic carbocycles. The number of alkyl carbamates (subject to hydrolysis) is 1. The van der Waals surface area contributed by atoms with Gasteiger partial charge in [-0.15, -0.1) is 0 Å². The van der Waals surface area contributed by atoms with E-state index in [9.17, 15) is 14.4 Å². The molecule has 10 nitrogen and oxygen atoms in total. The largest absolute Gasteiger partial charge is 0.444 e. The van der Waals surface area contributed by atoms with E-state index in [-0.39, 0.29) is 6.42 Å². The molecule has 0 aliphatic rings. The van der Waals surface area contributed by atoms with Gasteiger partial charge in [0.25, 0.3) is 5.91 Å². The molecule has 2 amide bonds. The predicted molar refractivity (Wildman–Crippen MR) is 129 cm³/mol. The van der Waals surface area contributed by atoms with E-state index in [0.717, 1.165) is 4.57 Å². The number of carbonyl (C=O) groups excluding carboxylic acids is 3. The monoisotopic (exact) mass is 513 g/mol. The normalized spacial score (nSPS) is 12.5. The van der Waals surface area contributed by atoms with Gasteiger partial charge in [0.05, 0.1) is 16.4 Å². The van der Waals surface area contributed by atoms with Crippen LogP contribution in [-0.2, 0) is 20.7 Å². The summed E-state index contributed by atoms with van der Waals surface area (Å²) in [5.41, 5.74) is 4.52. The van der Waals surface area contributed by atoms with E-state index in [1.165, 1.54) is 18.6 Å². The van der Waals surface area contributed by atoms with Crippen LogP contribution in [0.1, 0.15) is 47.2 Å². The molecule has 0 saturated heterocycles. The Kier molecular flexibility index (Phi) is 8.79. The van der Waals surface area contributed by atoms with Gasteiger partial charge in [-0.1, -0.05) is 23.2 Å². The molecule has 186 valence electrons. The van der Waals surface area contributed by atoms with Gasteiger partial charge >= 0.3 is 12.2 Å². The van der Waals surface area contributed by atoms with Gasteiger partial charge in [-0.25, -0.2) is 19.1 Å². The highest BCUT2D eigenvalue weighted by Crippen LogP contribution is 2.24. The molecule has 2 rings (SSSR count). The van der Waals surface area contributed by atoms with E-state index in [4.69, 9.17) is 32.7 Å². The van der Waals surface area contributed by atoms with Crippen LogP contribution in [0.2, 0.25) is 10.0 Å². The first-order valence-corrected chi connectivity index (χ1v) is 11.2. The van der Waals surface area contributed by atoms with Gasteiger partial charge < -0.3 is 14.8 Å². The fraction of sp³-hybridized carbons (Fsp3) is 0.455. The number of ether oxygens (including phenoxy) is 2. The van der Waals surface area contributed by atoms with Crippen LogP contribution in [0.4, 0.5) is 15.3 Å². The number of benzene rings is 1. The van der Waals surface area contributed by atoms with Crippen LogP contribution >= 0.6 is 23.2 Å². The highest BCUT2D eigenvalue weighted by molar-refractivity contribution is 6.36. The molecule has 0 saturated carbocycles. The fourth-order valence-electron chi connectivity index (χ4n) is 2.56. The lowest BCUT2D eigenvalue weighted by Crippen LogP contribution is -2.50. The molecule has 1 atom stereocenters. The Morgan fingerprint density at radius 3 is 2.29 bits per heavy atom. The summed E-state index contributed by atoms with van der Waals surface area (Å²) in [6.07, 6.45) is 1.26. The first-order valence-electron chi connectivity index (χ1n) is 10.4. The van der Waals surface area contributed by atoms with Crippen molar-refractivity contribution >= 4 is 47.0 Å². The Morgan fingerprint density at radius 1 is 1.06 bits per heavy atom. The summed E-state index contributed by atoms with van der Waals surface area (Å²) in [5.74, 6) is -0.594. The van der Waals surface area contributed by atoms with Crippen LogP contribution in [0.5, 0.6) is 0 Å². The number of carbonyl (C=O) groups is 3. The average Bonchev–Trinajstić information content (AvgIpc) is 3.12. The quantitative estimate of drug-likeness (QED) is 0.483. The second kappa shape index (κ2) is 11.0. The fourth-order valence-corrected chi connectivity index (χ4v) is 3.01. The number of nitrogens with zero attached hydrogens (tertiary/aromatic N) is 2. The molecule has 1 heterocycles. The topological polar surface area (TPSA) is 124 Å². The molecule has 0 aliphatic heterocycles. The molecule has 0 fully saturated rings. The van der Waals surface area contributed by atoms with Gasteiger partial charge in [0.2, 0.25) is 0 Å². The standard InChI is InChI=1S/C22H29Cl2N5O5/c1-21(2,3)33-19(31)26-17(18(30)28-27-16-8-7-13(23)9-15(16)24)10-14-11-29(12-25-14)20(32)34-22(4,5)6/h7-9,11-12,17,27H,10H2,1-6H3,(H,26,31)(H,28,30). The van der Waals surface area contributed by atoms with E-state index >= 15 is 0 Å². The van der Waals surface area contributed by atoms with Gasteiger partial charge in [-0.2, -0.15) is 0 Å². The number of imidazole rings is 1. The van der Waals surface area contributed by atoms with Gasteiger partial charge in [0.15, 0.2) is 0 Å². The summed E-state index contributed by atoms with van der Waals surface area (Å²) in [6, 6.07) is 3.61. The Bertz CT molecular complexity index is 1040. The lowest BCUT2D eigenvalue weighted by atomic mass is 10.1. The number of aromatic nitrogens is 2. The van der Waals surface area contributed by atoms with Crippen LogP contribution in [0.3, 0.4) is 0 Å². The summed E-state index contributed by atoms with van der Waals surface area (Å²) < 4.78 is 11.7. The summed E-state index contributed by atoms with van der Waals surface area (Å²) in [7, 11) is 0. The van der Waals surface area contributed by atoms with Crippen molar-refractivity contribution < 1.29 is 23.9 Å². The van der Waals surface area contributed by atoms with Crippen molar-refractivity contribution in [2.45, 2.75) is 65.2 Å². The van der Waals surface area contributed by atoms with E-state index in [2.05, 4.69) is 21.2 Å². The minimum Gasteiger partial charge on any atom is -0.444 e. The van der Waals surface area contributed by atoms with E-state index in [0.29, 0.717) is 21.4 Å². The smallest absolute Gasteiger partial charge is 0.419 e. The van der Waals surface area contributed by atoms with Crippen molar-refractivity contribution in [1.29, 1.82) is 0 Å². The molecular weight excluding hydrogens is 485 g/mol. The zero-order valence-corrected chi connectivity index (χ0v) is 21.4. The minimum atomic E-state index is -1.09. The van der Waals surface area contributed by atoms with Crippen molar-refractivity contribution in [3.63, 3.8) is 0 Å². The third kappa shape index (κ3) is 9.11. The predicted octanol–water partition coefficient (Wildman–Crippen LogP) is 4.55. The first kappa shape index (κ1) is 27.3. The number of amides is 2. The zero-order valence-electron chi connectivity index (χ0n) is 19.9. The van der Waals surface area contributed by atoms with Crippen LogP contribution in [0.15, 0.2) is 30.7 Å². The average molecular weight is 514 g/mol. The second-order valence-electron chi connectivity index (χ2n) is 9.39. The Morgan fingerprint density at radius 2 is 1.71 bits per heavy atom. The van der Waals surface area contributed by atoms with E-state index in [1.54, 1.807) is 53.7 Å². The van der Waals surface area contributed by atoms with E-state index in [1.807, 2.05) is 0 Å². The molecular formula is C22H29Cl2N5O5. The summed E-state index contributed by atoms with van der Waals surface area (Å²) in [5, 5.41) is 3.25. The number of anilines is 1. The van der Waals surface area contributed by atoms with Gasteiger partial charge in [-0.05, 0) is 59.7 Å². The third-order valence-electron chi connectivity index (χ3n) is 3.91. The molecule has 3 N–H and O–H groups in total. The lowest BCUT2D eigenvalue weighted by Gasteiger charge is -2.23. The molecule has 1 aromatic heterocycles. The van der Waals surface area contributed by atoms with Gasteiger partial charge in [0.1, 0.15) is 23.6 Å². The van der Waals surface area contributed by atoms with Crippen molar-refractivity contribution in [3.05, 3.63) is 46.5 Å². The number of rotatable bonds is 6. The number of halogens is 2. The third-order valence-corrected chi connectivity index (χ3v) is 4.46. The van der Waals surface area contributed by atoms with Crippen molar-refractivity contribution in [3.8, 4) is 0 Å². The number of hydrogen-bond donors (Lipinski definition) is 3. The maximum absolute atomic E-state index is 12.9.